The SMILES string of the molecule is O=C(O)c1ccccc1SCc1ccc(Cl)nc1. The summed E-state index contributed by atoms with van der Waals surface area (Å²) < 4.78 is 0. The second-order valence-electron chi connectivity index (χ2n) is 3.58. The predicted octanol–water partition coefficient (Wildman–Crippen LogP) is 3.73. The number of pyridine rings is 1. The first kappa shape index (κ1) is 12.9. The van der Waals surface area contributed by atoms with Crippen LogP contribution in [0.1, 0.15) is 15.9 Å². The van der Waals surface area contributed by atoms with Gasteiger partial charge in [-0.2, -0.15) is 0 Å². The summed E-state index contributed by atoms with van der Waals surface area (Å²) in [4.78, 5) is 15.8. The van der Waals surface area contributed by atoms with Crippen LogP contribution in [0.4, 0.5) is 0 Å². The Balaban J connectivity index is 2.10. The largest absolute Gasteiger partial charge is 0.478 e. The Morgan fingerprint density at radius 2 is 2.06 bits per heavy atom. The van der Waals surface area contributed by atoms with Crippen molar-refractivity contribution in [3.8, 4) is 0 Å². The first-order chi connectivity index (χ1) is 8.66. The molecule has 2 rings (SSSR count). The molecule has 0 radical (unpaired) electrons. The number of carbonyl (C=O) groups is 1. The fraction of sp³-hybridized carbons (Fsp3) is 0.0769. The molecule has 0 amide bonds. The highest BCUT2D eigenvalue weighted by molar-refractivity contribution is 7.98. The van der Waals surface area contributed by atoms with Gasteiger partial charge in [-0.15, -0.1) is 11.8 Å². The Hall–Kier alpha value is -1.52. The van der Waals surface area contributed by atoms with Gasteiger partial charge >= 0.3 is 5.97 Å². The molecule has 1 N–H and O–H groups in total. The minimum Gasteiger partial charge on any atom is -0.478 e. The van der Waals surface area contributed by atoms with E-state index in [4.69, 9.17) is 16.7 Å². The molecule has 0 aliphatic rings. The average molecular weight is 280 g/mol. The Morgan fingerprint density at radius 1 is 1.28 bits per heavy atom. The van der Waals surface area contributed by atoms with Crippen molar-refractivity contribution in [3.63, 3.8) is 0 Å². The predicted molar refractivity (Wildman–Crippen MR) is 72.2 cm³/mol. The summed E-state index contributed by atoms with van der Waals surface area (Å²) in [6, 6.07) is 10.6. The third kappa shape index (κ3) is 3.24. The van der Waals surface area contributed by atoms with E-state index in [1.807, 2.05) is 12.1 Å². The number of benzene rings is 1. The summed E-state index contributed by atoms with van der Waals surface area (Å²) in [5, 5.41) is 9.51. The van der Waals surface area contributed by atoms with Crippen molar-refractivity contribution in [1.82, 2.24) is 4.98 Å². The number of carboxylic acid groups (broad SMARTS) is 1. The zero-order valence-corrected chi connectivity index (χ0v) is 10.9. The Kier molecular flexibility index (Phi) is 4.23. The summed E-state index contributed by atoms with van der Waals surface area (Å²) in [7, 11) is 0. The molecule has 2 aromatic rings. The van der Waals surface area contributed by atoms with Gasteiger partial charge in [-0.05, 0) is 23.8 Å². The standard InChI is InChI=1S/C13H10ClNO2S/c14-12-6-5-9(7-15-12)8-18-11-4-2-1-3-10(11)13(16)17/h1-7H,8H2,(H,16,17). The molecule has 0 bridgehead atoms. The van der Waals surface area contributed by atoms with E-state index >= 15 is 0 Å². The number of aromatic carboxylic acids is 1. The van der Waals surface area contributed by atoms with E-state index in [0.29, 0.717) is 16.5 Å². The van der Waals surface area contributed by atoms with E-state index in [1.165, 1.54) is 11.8 Å². The number of nitrogens with zero attached hydrogens (tertiary/aromatic N) is 1. The van der Waals surface area contributed by atoms with Crippen LogP contribution in [0.25, 0.3) is 0 Å². The molecule has 0 aliphatic carbocycles. The van der Waals surface area contributed by atoms with Crippen molar-refractivity contribution in [3.05, 3.63) is 58.9 Å². The van der Waals surface area contributed by atoms with Crippen molar-refractivity contribution in [2.24, 2.45) is 0 Å². The number of hydrogen-bond acceptors (Lipinski definition) is 3. The number of rotatable bonds is 4. The van der Waals surface area contributed by atoms with Gasteiger partial charge in [0.25, 0.3) is 0 Å². The van der Waals surface area contributed by atoms with Crippen LogP contribution >= 0.6 is 23.4 Å². The van der Waals surface area contributed by atoms with Crippen molar-refractivity contribution < 1.29 is 9.90 Å². The maximum Gasteiger partial charge on any atom is 0.336 e. The number of aromatic nitrogens is 1. The van der Waals surface area contributed by atoms with Gasteiger partial charge in [0.05, 0.1) is 5.56 Å². The van der Waals surface area contributed by atoms with E-state index in [-0.39, 0.29) is 0 Å². The van der Waals surface area contributed by atoms with Gasteiger partial charge in [0, 0.05) is 16.8 Å². The minimum atomic E-state index is -0.910. The number of carboxylic acids is 1. The lowest BCUT2D eigenvalue weighted by Gasteiger charge is -2.05. The molecule has 0 unspecified atom stereocenters. The van der Waals surface area contributed by atoms with Crippen LogP contribution in [-0.4, -0.2) is 16.1 Å². The molecule has 92 valence electrons. The average Bonchev–Trinajstić information content (AvgIpc) is 2.38. The van der Waals surface area contributed by atoms with E-state index in [1.54, 1.807) is 30.5 Å². The monoisotopic (exact) mass is 279 g/mol. The zero-order valence-electron chi connectivity index (χ0n) is 9.34. The molecule has 0 aliphatic heterocycles. The highest BCUT2D eigenvalue weighted by atomic mass is 35.5. The molecule has 0 saturated heterocycles. The lowest BCUT2D eigenvalue weighted by molar-refractivity contribution is 0.0693. The van der Waals surface area contributed by atoms with E-state index in [0.717, 1.165) is 10.5 Å². The molecule has 1 aromatic heterocycles. The summed E-state index contributed by atoms with van der Waals surface area (Å²) in [6.07, 6.45) is 1.69. The van der Waals surface area contributed by atoms with E-state index in [2.05, 4.69) is 4.98 Å². The van der Waals surface area contributed by atoms with Crippen LogP contribution in [0.2, 0.25) is 5.15 Å². The first-order valence-corrected chi connectivity index (χ1v) is 6.59. The lowest BCUT2D eigenvalue weighted by Crippen LogP contribution is -1.98. The topological polar surface area (TPSA) is 50.2 Å². The second kappa shape index (κ2) is 5.89. The smallest absolute Gasteiger partial charge is 0.336 e. The molecular formula is C13H10ClNO2S. The van der Waals surface area contributed by atoms with Gasteiger partial charge in [-0.1, -0.05) is 29.8 Å². The van der Waals surface area contributed by atoms with Gasteiger partial charge in [0.2, 0.25) is 0 Å². The van der Waals surface area contributed by atoms with Crippen molar-refractivity contribution in [2.75, 3.05) is 0 Å². The van der Waals surface area contributed by atoms with Crippen LogP contribution in [0.15, 0.2) is 47.5 Å². The Labute approximate surface area is 114 Å². The highest BCUT2D eigenvalue weighted by Crippen LogP contribution is 2.26. The van der Waals surface area contributed by atoms with Crippen LogP contribution in [0.3, 0.4) is 0 Å². The van der Waals surface area contributed by atoms with Crippen LogP contribution < -0.4 is 0 Å². The maximum atomic E-state index is 11.0. The van der Waals surface area contributed by atoms with Gasteiger partial charge in [0.15, 0.2) is 0 Å². The van der Waals surface area contributed by atoms with Crippen molar-refractivity contribution in [2.45, 2.75) is 10.6 Å². The van der Waals surface area contributed by atoms with Crippen LogP contribution in [0.5, 0.6) is 0 Å². The molecule has 0 spiro atoms. The third-order valence-corrected chi connectivity index (χ3v) is 3.67. The van der Waals surface area contributed by atoms with E-state index in [9.17, 15) is 4.79 Å². The fourth-order valence-corrected chi connectivity index (χ4v) is 2.51. The quantitative estimate of drug-likeness (QED) is 0.684. The normalized spacial score (nSPS) is 10.3. The summed E-state index contributed by atoms with van der Waals surface area (Å²) >= 11 is 7.17. The molecule has 1 aromatic carbocycles. The molecule has 1 heterocycles. The molecule has 0 atom stereocenters. The number of halogens is 1. The highest BCUT2D eigenvalue weighted by Gasteiger charge is 2.09. The summed E-state index contributed by atoms with van der Waals surface area (Å²) in [5.74, 6) is -0.249. The lowest BCUT2D eigenvalue weighted by atomic mass is 10.2. The number of hydrogen-bond donors (Lipinski definition) is 1. The Morgan fingerprint density at radius 3 is 2.72 bits per heavy atom. The number of thioether (sulfide) groups is 1. The zero-order chi connectivity index (χ0) is 13.0. The summed E-state index contributed by atoms with van der Waals surface area (Å²) in [5.41, 5.74) is 1.33. The van der Waals surface area contributed by atoms with E-state index < -0.39 is 5.97 Å². The molecule has 5 heteroatoms. The van der Waals surface area contributed by atoms with Crippen LogP contribution in [-0.2, 0) is 5.75 Å². The van der Waals surface area contributed by atoms with Gasteiger partial charge in [-0.25, -0.2) is 9.78 Å². The van der Waals surface area contributed by atoms with Crippen molar-refractivity contribution in [1.29, 1.82) is 0 Å². The Bertz CT molecular complexity index is 557. The van der Waals surface area contributed by atoms with Gasteiger partial charge < -0.3 is 5.11 Å². The molecule has 3 nitrogen and oxygen atoms in total. The molecule has 0 fully saturated rings. The van der Waals surface area contributed by atoms with Crippen LogP contribution in [0, 0.1) is 0 Å². The minimum absolute atomic E-state index is 0.324. The van der Waals surface area contributed by atoms with Gasteiger partial charge in [0.1, 0.15) is 5.15 Å². The maximum absolute atomic E-state index is 11.0. The molecule has 0 saturated carbocycles. The second-order valence-corrected chi connectivity index (χ2v) is 4.98. The molecular weight excluding hydrogens is 270 g/mol. The fourth-order valence-electron chi connectivity index (χ4n) is 1.42. The van der Waals surface area contributed by atoms with Gasteiger partial charge in [-0.3, -0.25) is 0 Å². The summed E-state index contributed by atoms with van der Waals surface area (Å²) in [6.45, 7) is 0. The molecule has 18 heavy (non-hydrogen) atoms. The first-order valence-electron chi connectivity index (χ1n) is 5.22. The van der Waals surface area contributed by atoms with Crippen molar-refractivity contribution >= 4 is 29.3 Å². The third-order valence-electron chi connectivity index (χ3n) is 2.30.